The lowest BCUT2D eigenvalue weighted by Crippen LogP contribution is -2.43. The summed E-state index contributed by atoms with van der Waals surface area (Å²) in [6, 6.07) is 0. The second kappa shape index (κ2) is 8.26. The van der Waals surface area contributed by atoms with Gasteiger partial charge >= 0.3 is 0 Å². The molecule has 1 N–H and O–H groups in total. The van der Waals surface area contributed by atoms with Crippen LogP contribution in [-0.4, -0.2) is 37.6 Å². The molecule has 1 spiro atoms. The highest BCUT2D eigenvalue weighted by Crippen LogP contribution is 2.44. The van der Waals surface area contributed by atoms with Crippen molar-refractivity contribution in [3.8, 4) is 0 Å². The molecule has 2 nitrogen and oxygen atoms in total. The fraction of sp³-hybridized carbons (Fsp3) is 1.00. The second-order valence-corrected chi connectivity index (χ2v) is 6.86. The molecule has 1 aliphatic heterocycles. The SMILES string of the molecule is CCCCCNCCN1CCC2(CCCCC2)CC1. The number of likely N-dealkylation sites (tertiary alicyclic amines) is 1. The lowest BCUT2D eigenvalue weighted by Gasteiger charge is -2.44. The third kappa shape index (κ3) is 5.07. The van der Waals surface area contributed by atoms with E-state index < -0.39 is 0 Å². The quantitative estimate of drug-likeness (QED) is 0.705. The summed E-state index contributed by atoms with van der Waals surface area (Å²) in [6.07, 6.45) is 14.5. The molecule has 0 aromatic heterocycles. The lowest BCUT2D eigenvalue weighted by molar-refractivity contribution is 0.0684. The van der Waals surface area contributed by atoms with Crippen molar-refractivity contribution >= 4 is 0 Å². The molecule has 0 unspecified atom stereocenters. The average molecular weight is 266 g/mol. The van der Waals surface area contributed by atoms with E-state index >= 15 is 0 Å². The molecule has 1 aliphatic carbocycles. The molecule has 1 heterocycles. The van der Waals surface area contributed by atoms with E-state index in [4.69, 9.17) is 0 Å². The number of nitrogens with zero attached hydrogens (tertiary/aromatic N) is 1. The molecule has 2 aliphatic rings. The van der Waals surface area contributed by atoms with Gasteiger partial charge in [-0.1, -0.05) is 39.0 Å². The Bertz CT molecular complexity index is 223. The van der Waals surface area contributed by atoms with Gasteiger partial charge in [-0.05, 0) is 57.2 Å². The van der Waals surface area contributed by atoms with E-state index in [1.54, 1.807) is 0 Å². The number of rotatable bonds is 7. The van der Waals surface area contributed by atoms with Crippen molar-refractivity contribution in [2.45, 2.75) is 71.1 Å². The Kier molecular flexibility index (Phi) is 6.66. The van der Waals surface area contributed by atoms with Crippen LogP contribution in [0.4, 0.5) is 0 Å². The van der Waals surface area contributed by atoms with Crippen molar-refractivity contribution < 1.29 is 0 Å². The van der Waals surface area contributed by atoms with Crippen LogP contribution in [0, 0.1) is 5.41 Å². The van der Waals surface area contributed by atoms with Crippen molar-refractivity contribution in [2.75, 3.05) is 32.7 Å². The van der Waals surface area contributed by atoms with Gasteiger partial charge in [0.25, 0.3) is 0 Å². The van der Waals surface area contributed by atoms with E-state index in [1.165, 1.54) is 96.9 Å². The summed E-state index contributed by atoms with van der Waals surface area (Å²) in [7, 11) is 0. The summed E-state index contributed by atoms with van der Waals surface area (Å²) in [5.41, 5.74) is 0.767. The highest BCUT2D eigenvalue weighted by molar-refractivity contribution is 4.88. The molecule has 0 atom stereocenters. The monoisotopic (exact) mass is 266 g/mol. The van der Waals surface area contributed by atoms with Crippen molar-refractivity contribution in [3.63, 3.8) is 0 Å². The maximum Gasteiger partial charge on any atom is 0.0107 e. The number of hydrogen-bond donors (Lipinski definition) is 1. The van der Waals surface area contributed by atoms with E-state index in [2.05, 4.69) is 17.1 Å². The highest BCUT2D eigenvalue weighted by atomic mass is 15.1. The van der Waals surface area contributed by atoms with Gasteiger partial charge in [0.2, 0.25) is 0 Å². The van der Waals surface area contributed by atoms with Crippen LogP contribution in [-0.2, 0) is 0 Å². The first-order chi connectivity index (χ1) is 9.35. The van der Waals surface area contributed by atoms with Gasteiger partial charge in [0.1, 0.15) is 0 Å². The Hall–Kier alpha value is -0.0800. The maximum absolute atomic E-state index is 3.60. The molecule has 2 rings (SSSR count). The topological polar surface area (TPSA) is 15.3 Å². The molecule has 0 radical (unpaired) electrons. The Balaban J connectivity index is 1.53. The van der Waals surface area contributed by atoms with Crippen LogP contribution in [0.5, 0.6) is 0 Å². The van der Waals surface area contributed by atoms with E-state index in [0.29, 0.717) is 0 Å². The van der Waals surface area contributed by atoms with E-state index in [-0.39, 0.29) is 0 Å². The van der Waals surface area contributed by atoms with Crippen molar-refractivity contribution in [1.82, 2.24) is 10.2 Å². The molecule has 0 aromatic carbocycles. The molecule has 1 saturated carbocycles. The number of unbranched alkanes of at least 4 members (excludes halogenated alkanes) is 2. The summed E-state index contributed by atoms with van der Waals surface area (Å²) >= 11 is 0. The number of piperidine rings is 1. The van der Waals surface area contributed by atoms with Gasteiger partial charge in [-0.15, -0.1) is 0 Å². The maximum atomic E-state index is 3.60. The molecule has 19 heavy (non-hydrogen) atoms. The Labute approximate surface area is 120 Å². The third-order valence-corrected chi connectivity index (χ3v) is 5.39. The van der Waals surface area contributed by atoms with E-state index in [0.717, 1.165) is 5.41 Å². The molecule has 2 fully saturated rings. The van der Waals surface area contributed by atoms with Crippen LogP contribution in [0.25, 0.3) is 0 Å². The predicted molar refractivity (Wildman–Crippen MR) is 83.6 cm³/mol. The van der Waals surface area contributed by atoms with Gasteiger partial charge in [-0.25, -0.2) is 0 Å². The predicted octanol–water partition coefficient (Wildman–Crippen LogP) is 3.81. The standard InChI is InChI=1S/C17H34N2/c1-2-3-7-12-18-13-16-19-14-10-17(11-15-19)8-5-4-6-9-17/h18H,2-16H2,1H3. The zero-order chi connectivity index (χ0) is 13.4. The lowest BCUT2D eigenvalue weighted by atomic mass is 9.68. The summed E-state index contributed by atoms with van der Waals surface area (Å²) < 4.78 is 0. The Morgan fingerprint density at radius 2 is 1.63 bits per heavy atom. The van der Waals surface area contributed by atoms with E-state index in [1.807, 2.05) is 0 Å². The van der Waals surface area contributed by atoms with Gasteiger partial charge in [0.05, 0.1) is 0 Å². The average Bonchev–Trinajstić information content (AvgIpc) is 2.46. The van der Waals surface area contributed by atoms with Gasteiger partial charge in [0.15, 0.2) is 0 Å². The molecule has 2 heteroatoms. The largest absolute Gasteiger partial charge is 0.315 e. The van der Waals surface area contributed by atoms with Gasteiger partial charge in [0, 0.05) is 13.1 Å². The van der Waals surface area contributed by atoms with Gasteiger partial charge in [-0.3, -0.25) is 0 Å². The fourth-order valence-corrected chi connectivity index (χ4v) is 3.91. The summed E-state index contributed by atoms with van der Waals surface area (Å²) in [5, 5.41) is 3.60. The molecular formula is C17H34N2. The molecule has 0 bridgehead atoms. The van der Waals surface area contributed by atoms with Crippen LogP contribution in [0.15, 0.2) is 0 Å². The van der Waals surface area contributed by atoms with Crippen molar-refractivity contribution in [2.24, 2.45) is 5.41 Å². The van der Waals surface area contributed by atoms with Crippen LogP contribution in [0.2, 0.25) is 0 Å². The Morgan fingerprint density at radius 3 is 2.32 bits per heavy atom. The van der Waals surface area contributed by atoms with Crippen molar-refractivity contribution in [1.29, 1.82) is 0 Å². The van der Waals surface area contributed by atoms with Gasteiger partial charge in [-0.2, -0.15) is 0 Å². The van der Waals surface area contributed by atoms with Crippen LogP contribution in [0.3, 0.4) is 0 Å². The van der Waals surface area contributed by atoms with Gasteiger partial charge < -0.3 is 10.2 Å². The third-order valence-electron chi connectivity index (χ3n) is 5.39. The molecular weight excluding hydrogens is 232 g/mol. The van der Waals surface area contributed by atoms with Crippen molar-refractivity contribution in [3.05, 3.63) is 0 Å². The normalized spacial score (nSPS) is 23.8. The minimum atomic E-state index is 0.767. The van der Waals surface area contributed by atoms with Crippen LogP contribution < -0.4 is 5.32 Å². The first kappa shape index (κ1) is 15.3. The smallest absolute Gasteiger partial charge is 0.0107 e. The summed E-state index contributed by atoms with van der Waals surface area (Å²) in [6.45, 7) is 8.66. The number of nitrogens with one attached hydrogen (secondary N) is 1. The molecule has 0 amide bonds. The van der Waals surface area contributed by atoms with E-state index in [9.17, 15) is 0 Å². The summed E-state index contributed by atoms with van der Waals surface area (Å²) in [5.74, 6) is 0. The van der Waals surface area contributed by atoms with Crippen LogP contribution >= 0.6 is 0 Å². The highest BCUT2D eigenvalue weighted by Gasteiger charge is 2.35. The van der Waals surface area contributed by atoms with Crippen LogP contribution in [0.1, 0.15) is 71.1 Å². The zero-order valence-corrected chi connectivity index (χ0v) is 13.1. The first-order valence-electron chi connectivity index (χ1n) is 8.78. The minimum absolute atomic E-state index is 0.767. The Morgan fingerprint density at radius 1 is 0.895 bits per heavy atom. The molecule has 1 saturated heterocycles. The molecule has 0 aromatic rings. The zero-order valence-electron chi connectivity index (χ0n) is 13.1. The molecule has 112 valence electrons. The summed E-state index contributed by atoms with van der Waals surface area (Å²) in [4.78, 5) is 2.69. The number of hydrogen-bond acceptors (Lipinski definition) is 2. The minimum Gasteiger partial charge on any atom is -0.315 e. The second-order valence-electron chi connectivity index (χ2n) is 6.86. The first-order valence-corrected chi connectivity index (χ1v) is 8.78. The fourth-order valence-electron chi connectivity index (χ4n) is 3.91.